The van der Waals surface area contributed by atoms with E-state index in [0.717, 1.165) is 0 Å². The number of likely N-dealkylation sites (N-methyl/N-ethyl adjacent to an activating group) is 1. The predicted molar refractivity (Wildman–Crippen MR) is 67.7 cm³/mol. The molecule has 1 heterocycles. The number of hydrogen-bond donors (Lipinski definition) is 0. The van der Waals surface area contributed by atoms with Crippen LogP contribution >= 0.6 is 0 Å². The fraction of sp³-hybridized carbons (Fsp3) is 0.333. The first-order valence-corrected chi connectivity index (χ1v) is 5.70. The molecule has 1 saturated heterocycles. The number of carbonyl (C=O) groups is 1. The van der Waals surface area contributed by atoms with E-state index in [2.05, 4.69) is 0 Å². The molecule has 0 unspecified atom stereocenters. The Hall–Kier alpha value is -2.62. The molecule has 1 fully saturated rings. The van der Waals surface area contributed by atoms with Crippen LogP contribution < -0.4 is 4.90 Å². The summed E-state index contributed by atoms with van der Waals surface area (Å²) in [6.07, 6.45) is 0. The van der Waals surface area contributed by atoms with Gasteiger partial charge in [0.2, 0.25) is 5.91 Å². The number of carbonyl (C=O) groups excluding carboxylic acids is 1. The van der Waals surface area contributed by atoms with Gasteiger partial charge in [-0.2, -0.15) is 5.26 Å². The summed E-state index contributed by atoms with van der Waals surface area (Å²) < 4.78 is 0. The zero-order valence-electron chi connectivity index (χ0n) is 10.4. The fourth-order valence-corrected chi connectivity index (χ4v) is 1.97. The Labute approximate surface area is 109 Å². The van der Waals surface area contributed by atoms with Crippen molar-refractivity contribution in [2.45, 2.75) is 0 Å². The molecule has 0 radical (unpaired) electrons. The monoisotopic (exact) mass is 260 g/mol. The summed E-state index contributed by atoms with van der Waals surface area (Å²) in [6.45, 7) is 1.36. The van der Waals surface area contributed by atoms with E-state index in [0.29, 0.717) is 18.8 Å². The zero-order valence-corrected chi connectivity index (χ0v) is 10.4. The van der Waals surface area contributed by atoms with E-state index in [1.165, 1.54) is 18.2 Å². The normalized spacial score (nSPS) is 15.3. The Morgan fingerprint density at radius 2 is 2.16 bits per heavy atom. The minimum absolute atomic E-state index is 0.0338. The van der Waals surface area contributed by atoms with Gasteiger partial charge < -0.3 is 9.80 Å². The van der Waals surface area contributed by atoms with Crippen LogP contribution in [0.5, 0.6) is 0 Å². The van der Waals surface area contributed by atoms with Crippen LogP contribution in [0.4, 0.5) is 11.4 Å². The van der Waals surface area contributed by atoms with Crippen molar-refractivity contribution in [3.05, 3.63) is 33.9 Å². The smallest absolute Gasteiger partial charge is 0.270 e. The van der Waals surface area contributed by atoms with E-state index < -0.39 is 4.92 Å². The summed E-state index contributed by atoms with van der Waals surface area (Å²) in [4.78, 5) is 25.2. The number of rotatable bonds is 2. The van der Waals surface area contributed by atoms with Gasteiger partial charge in [-0.05, 0) is 6.07 Å². The van der Waals surface area contributed by atoms with E-state index >= 15 is 0 Å². The van der Waals surface area contributed by atoms with Crippen molar-refractivity contribution in [2.24, 2.45) is 0 Å². The van der Waals surface area contributed by atoms with Crippen molar-refractivity contribution >= 4 is 17.3 Å². The fourth-order valence-electron chi connectivity index (χ4n) is 1.97. The highest BCUT2D eigenvalue weighted by Gasteiger charge is 2.23. The van der Waals surface area contributed by atoms with Gasteiger partial charge in [0.1, 0.15) is 6.07 Å². The Morgan fingerprint density at radius 1 is 1.42 bits per heavy atom. The highest BCUT2D eigenvalue weighted by Crippen LogP contribution is 2.25. The van der Waals surface area contributed by atoms with Crippen LogP contribution in [0, 0.1) is 21.4 Å². The topological polar surface area (TPSA) is 90.5 Å². The highest BCUT2D eigenvalue weighted by atomic mass is 16.6. The lowest BCUT2D eigenvalue weighted by Gasteiger charge is -2.33. The standard InChI is InChI=1S/C12H12N4O3/c1-14-4-5-15(8-12(14)17)11-3-2-10(16(18)19)6-9(11)7-13/h2-3,6H,4-5,8H2,1H3. The minimum Gasteiger partial charge on any atom is -0.359 e. The molecule has 0 aliphatic carbocycles. The van der Waals surface area contributed by atoms with Gasteiger partial charge in [-0.1, -0.05) is 0 Å². The van der Waals surface area contributed by atoms with E-state index in [1.807, 2.05) is 6.07 Å². The Bertz CT molecular complexity index is 579. The number of piperazine rings is 1. The quantitative estimate of drug-likeness (QED) is 0.578. The molecule has 2 rings (SSSR count). The van der Waals surface area contributed by atoms with Crippen LogP contribution in [-0.2, 0) is 4.79 Å². The lowest BCUT2D eigenvalue weighted by atomic mass is 10.1. The summed E-state index contributed by atoms with van der Waals surface area (Å²) in [7, 11) is 1.72. The molecular formula is C12H12N4O3. The third kappa shape index (κ3) is 2.47. The second-order valence-corrected chi connectivity index (χ2v) is 4.31. The van der Waals surface area contributed by atoms with E-state index in [9.17, 15) is 14.9 Å². The highest BCUT2D eigenvalue weighted by molar-refractivity contribution is 5.83. The Morgan fingerprint density at radius 3 is 2.74 bits per heavy atom. The molecule has 1 aromatic rings. The average molecular weight is 260 g/mol. The minimum atomic E-state index is -0.542. The number of hydrogen-bond acceptors (Lipinski definition) is 5. The molecule has 1 amide bonds. The van der Waals surface area contributed by atoms with Crippen molar-refractivity contribution < 1.29 is 9.72 Å². The first-order chi connectivity index (χ1) is 9.02. The number of nitriles is 1. The van der Waals surface area contributed by atoms with E-state index in [-0.39, 0.29) is 23.7 Å². The molecule has 0 N–H and O–H groups in total. The molecule has 7 nitrogen and oxygen atoms in total. The Balaban J connectivity index is 2.33. The van der Waals surface area contributed by atoms with Gasteiger partial charge in [0.05, 0.1) is 22.7 Å². The van der Waals surface area contributed by atoms with E-state index in [1.54, 1.807) is 16.8 Å². The molecule has 98 valence electrons. The molecule has 0 bridgehead atoms. The molecule has 0 atom stereocenters. The predicted octanol–water partition coefficient (Wildman–Crippen LogP) is 0.745. The molecule has 1 aliphatic rings. The van der Waals surface area contributed by atoms with Crippen LogP contribution in [0.3, 0.4) is 0 Å². The largest absolute Gasteiger partial charge is 0.359 e. The van der Waals surface area contributed by atoms with Gasteiger partial charge in [-0.25, -0.2) is 0 Å². The third-order valence-corrected chi connectivity index (χ3v) is 3.11. The summed E-state index contributed by atoms with van der Waals surface area (Å²) in [5, 5.41) is 19.8. The van der Waals surface area contributed by atoms with Crippen molar-refractivity contribution in [1.29, 1.82) is 5.26 Å². The molecule has 0 spiro atoms. The first kappa shape index (κ1) is 12.8. The van der Waals surface area contributed by atoms with Crippen LogP contribution in [0.2, 0.25) is 0 Å². The number of nitro groups is 1. The number of nitrogens with zero attached hydrogens (tertiary/aromatic N) is 4. The van der Waals surface area contributed by atoms with Crippen LogP contribution in [0.25, 0.3) is 0 Å². The maximum absolute atomic E-state index is 11.6. The SMILES string of the molecule is CN1CCN(c2ccc([N+](=O)[O-])cc2C#N)CC1=O. The number of benzene rings is 1. The van der Waals surface area contributed by atoms with Gasteiger partial charge in [0, 0.05) is 32.3 Å². The third-order valence-electron chi connectivity index (χ3n) is 3.11. The van der Waals surface area contributed by atoms with Crippen molar-refractivity contribution in [2.75, 3.05) is 31.6 Å². The number of non-ortho nitro benzene ring substituents is 1. The Kier molecular flexibility index (Phi) is 3.33. The molecule has 1 aliphatic heterocycles. The van der Waals surface area contributed by atoms with Gasteiger partial charge in [0.15, 0.2) is 0 Å². The zero-order chi connectivity index (χ0) is 14.0. The molecular weight excluding hydrogens is 248 g/mol. The summed E-state index contributed by atoms with van der Waals surface area (Å²) in [5.41, 5.74) is 0.654. The van der Waals surface area contributed by atoms with E-state index in [4.69, 9.17) is 5.26 Å². The number of anilines is 1. The molecule has 1 aromatic carbocycles. The summed E-state index contributed by atoms with van der Waals surface area (Å²) in [5.74, 6) is -0.0338. The van der Waals surface area contributed by atoms with Crippen LogP contribution in [-0.4, -0.2) is 42.4 Å². The van der Waals surface area contributed by atoms with Gasteiger partial charge in [-0.15, -0.1) is 0 Å². The van der Waals surface area contributed by atoms with Crippen molar-refractivity contribution in [1.82, 2.24) is 4.90 Å². The maximum Gasteiger partial charge on any atom is 0.270 e. The number of amides is 1. The van der Waals surface area contributed by atoms with Gasteiger partial charge in [0.25, 0.3) is 5.69 Å². The summed E-state index contributed by atoms with van der Waals surface area (Å²) >= 11 is 0. The average Bonchev–Trinajstić information content (AvgIpc) is 2.41. The maximum atomic E-state index is 11.6. The second-order valence-electron chi connectivity index (χ2n) is 4.31. The molecule has 19 heavy (non-hydrogen) atoms. The summed E-state index contributed by atoms with van der Waals surface area (Å²) in [6, 6.07) is 6.05. The van der Waals surface area contributed by atoms with Crippen LogP contribution in [0.15, 0.2) is 18.2 Å². The molecule has 0 saturated carbocycles. The van der Waals surface area contributed by atoms with Gasteiger partial charge in [-0.3, -0.25) is 14.9 Å². The van der Waals surface area contributed by atoms with Gasteiger partial charge >= 0.3 is 0 Å². The second kappa shape index (κ2) is 4.94. The first-order valence-electron chi connectivity index (χ1n) is 5.70. The molecule has 0 aromatic heterocycles. The molecule has 7 heteroatoms. The van der Waals surface area contributed by atoms with Crippen molar-refractivity contribution in [3.8, 4) is 6.07 Å². The van der Waals surface area contributed by atoms with Crippen LogP contribution in [0.1, 0.15) is 5.56 Å². The lowest BCUT2D eigenvalue weighted by molar-refractivity contribution is -0.384. The van der Waals surface area contributed by atoms with Crippen molar-refractivity contribution in [3.63, 3.8) is 0 Å². The number of nitro benzene ring substituents is 1. The lowest BCUT2D eigenvalue weighted by Crippen LogP contribution is -2.48.